The summed E-state index contributed by atoms with van der Waals surface area (Å²) < 4.78 is 35.6. The third-order valence-corrected chi connectivity index (χ3v) is 14.1. The Labute approximate surface area is 338 Å². The van der Waals surface area contributed by atoms with E-state index in [0.717, 1.165) is 70.3 Å². The minimum Gasteiger partial charge on any atom is -0.480 e. The van der Waals surface area contributed by atoms with Gasteiger partial charge in [0, 0.05) is 61.3 Å². The van der Waals surface area contributed by atoms with Crippen LogP contribution >= 0.6 is 11.6 Å². The lowest BCUT2D eigenvalue weighted by Gasteiger charge is -2.58. The normalized spacial score (nSPS) is 24.8. The van der Waals surface area contributed by atoms with Crippen LogP contribution in [0.4, 0.5) is 15.0 Å². The number of rotatable bonds is 9. The summed E-state index contributed by atoms with van der Waals surface area (Å²) in [6.45, 7) is 10.6. The lowest BCUT2D eigenvalue weighted by molar-refractivity contribution is -0.112. The number of hydrogen-bond donors (Lipinski definition) is 3. The van der Waals surface area contributed by atoms with E-state index >= 15 is 4.39 Å². The third kappa shape index (κ3) is 7.35. The van der Waals surface area contributed by atoms with E-state index < -0.39 is 11.9 Å². The number of halogens is 2. The molecule has 3 aliphatic heterocycles. The van der Waals surface area contributed by atoms with Gasteiger partial charge in [-0.15, -0.1) is 0 Å². The van der Waals surface area contributed by atoms with E-state index in [0.29, 0.717) is 76.4 Å². The zero-order valence-corrected chi connectivity index (χ0v) is 34.4. The molecule has 2 saturated carbocycles. The Bertz CT molecular complexity index is 2100. The van der Waals surface area contributed by atoms with Crippen LogP contribution < -0.4 is 19.7 Å². The highest BCUT2D eigenvalue weighted by atomic mass is 35.5. The number of hydrogen-bond acceptors (Lipinski definition) is 10. The number of pyridine rings is 1. The molecule has 9 rings (SSSR count). The van der Waals surface area contributed by atoms with Crippen molar-refractivity contribution in [3.63, 3.8) is 0 Å². The molecule has 3 N–H and O–H groups in total. The van der Waals surface area contributed by atoms with Crippen LogP contribution in [-0.4, -0.2) is 106 Å². The summed E-state index contributed by atoms with van der Waals surface area (Å²) in [5, 5.41) is 20.3. The smallest absolute Gasteiger partial charge is 0.404 e. The molecule has 57 heavy (non-hydrogen) atoms. The highest BCUT2D eigenvalue weighted by molar-refractivity contribution is 6.35. The summed E-state index contributed by atoms with van der Waals surface area (Å²) in [7, 11) is 1.50. The molecule has 1 spiro atoms. The Morgan fingerprint density at radius 1 is 1.11 bits per heavy atom. The number of anilines is 1. The van der Waals surface area contributed by atoms with Crippen LogP contribution in [0.5, 0.6) is 11.9 Å². The van der Waals surface area contributed by atoms with Crippen LogP contribution in [0.3, 0.4) is 0 Å². The molecule has 2 aliphatic carbocycles. The molecule has 1 amide bonds. The predicted octanol–water partition coefficient (Wildman–Crippen LogP) is 8.16. The molecular weight excluding hydrogens is 751 g/mol. The highest BCUT2D eigenvalue weighted by Crippen LogP contribution is 2.56. The van der Waals surface area contributed by atoms with Crippen molar-refractivity contribution in [1.29, 1.82) is 0 Å². The van der Waals surface area contributed by atoms with E-state index in [1.807, 2.05) is 26.8 Å². The molecule has 5 aliphatic rings. The minimum atomic E-state index is -1.06. The zero-order valence-electron chi connectivity index (χ0n) is 33.6. The average molecular weight is 807 g/mol. The number of carboxylic acid groups (broad SMARTS) is 1. The molecule has 3 saturated heterocycles. The lowest BCUT2D eigenvalue weighted by Crippen LogP contribution is -2.61. The van der Waals surface area contributed by atoms with Crippen molar-refractivity contribution in [2.24, 2.45) is 16.7 Å². The Kier molecular flexibility index (Phi) is 11.4. The van der Waals surface area contributed by atoms with Crippen molar-refractivity contribution in [3.8, 4) is 23.1 Å². The average Bonchev–Trinajstić information content (AvgIpc) is 3.88. The van der Waals surface area contributed by atoms with E-state index in [1.165, 1.54) is 32.8 Å². The van der Waals surface area contributed by atoms with Gasteiger partial charge in [-0.3, -0.25) is 10.00 Å². The number of aryl methyl sites for hydroxylation is 1. The minimum absolute atomic E-state index is 0.00222. The SMILES string of the molecule is CC.COc1nc(-c2c(Cl)c(C)cc3[nH]ncc23)c(F)c2nc(OCC34CCCC3N(C3CC5(CCOCC5)C3)CCC4)nc(N3CCCC(CNC(=O)O)C3)c12. The second-order valence-corrected chi connectivity index (χ2v) is 17.1. The molecule has 5 fully saturated rings. The molecule has 13 nitrogen and oxygen atoms in total. The van der Waals surface area contributed by atoms with Crippen LogP contribution in [-0.2, 0) is 4.74 Å². The molecular formula is C42H56ClFN8O5. The van der Waals surface area contributed by atoms with E-state index in [9.17, 15) is 9.90 Å². The maximum Gasteiger partial charge on any atom is 0.404 e. The summed E-state index contributed by atoms with van der Waals surface area (Å²) in [6.07, 6.45) is 12.6. The number of piperidine rings is 2. The maximum atomic E-state index is 17.3. The number of benzene rings is 1. The predicted molar refractivity (Wildman–Crippen MR) is 218 cm³/mol. The first-order valence-electron chi connectivity index (χ1n) is 20.9. The molecule has 0 radical (unpaired) electrons. The highest BCUT2D eigenvalue weighted by Gasteiger charge is 2.55. The van der Waals surface area contributed by atoms with Crippen LogP contribution in [0, 0.1) is 29.5 Å². The van der Waals surface area contributed by atoms with Gasteiger partial charge in [0.1, 0.15) is 22.4 Å². The van der Waals surface area contributed by atoms with Crippen LogP contribution in [0.25, 0.3) is 33.1 Å². The van der Waals surface area contributed by atoms with Crippen molar-refractivity contribution in [2.45, 2.75) is 103 Å². The van der Waals surface area contributed by atoms with Crippen molar-refractivity contribution in [3.05, 3.63) is 28.7 Å². The molecule has 6 heterocycles. The molecule has 3 atom stereocenters. The van der Waals surface area contributed by atoms with Crippen molar-refractivity contribution in [1.82, 2.24) is 35.4 Å². The summed E-state index contributed by atoms with van der Waals surface area (Å²) >= 11 is 6.90. The van der Waals surface area contributed by atoms with E-state index in [4.69, 9.17) is 40.8 Å². The van der Waals surface area contributed by atoms with Crippen LogP contribution in [0.15, 0.2) is 12.3 Å². The van der Waals surface area contributed by atoms with Crippen molar-refractivity contribution in [2.75, 3.05) is 58.0 Å². The number of ether oxygens (including phenoxy) is 3. The van der Waals surface area contributed by atoms with Crippen molar-refractivity contribution >= 4 is 45.3 Å². The first-order chi connectivity index (χ1) is 27.7. The summed E-state index contributed by atoms with van der Waals surface area (Å²) in [5.41, 5.74) is 2.30. The van der Waals surface area contributed by atoms with Crippen molar-refractivity contribution < 1.29 is 28.5 Å². The van der Waals surface area contributed by atoms with Gasteiger partial charge in [-0.1, -0.05) is 31.9 Å². The Morgan fingerprint density at radius 2 is 1.89 bits per heavy atom. The number of nitrogens with zero attached hydrogens (tertiary/aromatic N) is 6. The molecule has 4 aromatic rings. The van der Waals surface area contributed by atoms with Crippen LogP contribution in [0.1, 0.15) is 90.0 Å². The molecule has 308 valence electrons. The Morgan fingerprint density at radius 3 is 2.67 bits per heavy atom. The number of aromatic nitrogens is 5. The largest absolute Gasteiger partial charge is 0.480 e. The number of fused-ring (bicyclic) bond motifs is 3. The number of amides is 1. The summed E-state index contributed by atoms with van der Waals surface area (Å²) in [4.78, 5) is 30.8. The fourth-order valence-corrected chi connectivity index (χ4v) is 11.0. The van der Waals surface area contributed by atoms with Gasteiger partial charge in [0.25, 0.3) is 0 Å². The van der Waals surface area contributed by atoms with Gasteiger partial charge >= 0.3 is 12.1 Å². The molecule has 1 aromatic carbocycles. The molecule has 15 heteroatoms. The van der Waals surface area contributed by atoms with E-state index in [1.54, 1.807) is 6.20 Å². The summed E-state index contributed by atoms with van der Waals surface area (Å²) in [5.74, 6) is -0.0113. The number of carbonyl (C=O) groups is 1. The number of likely N-dealkylation sites (tertiary alicyclic amines) is 1. The van der Waals surface area contributed by atoms with Gasteiger partial charge in [0.05, 0.1) is 30.5 Å². The topological polar surface area (TPSA) is 151 Å². The third-order valence-electron chi connectivity index (χ3n) is 13.6. The maximum absolute atomic E-state index is 17.3. The van der Waals surface area contributed by atoms with Crippen LogP contribution in [0.2, 0.25) is 5.02 Å². The molecule has 0 bridgehead atoms. The van der Waals surface area contributed by atoms with Gasteiger partial charge in [0.15, 0.2) is 5.82 Å². The summed E-state index contributed by atoms with van der Waals surface area (Å²) in [6, 6.07) is 3.02. The Hall–Kier alpha value is -4.01. The first kappa shape index (κ1) is 39.8. The lowest BCUT2D eigenvalue weighted by atomic mass is 9.60. The number of methoxy groups -OCH3 is 1. The fourth-order valence-electron chi connectivity index (χ4n) is 10.8. The van der Waals surface area contributed by atoms with Gasteiger partial charge in [-0.25, -0.2) is 14.2 Å². The van der Waals surface area contributed by atoms with E-state index in [-0.39, 0.29) is 34.4 Å². The van der Waals surface area contributed by atoms with Gasteiger partial charge < -0.3 is 29.5 Å². The quantitative estimate of drug-likeness (QED) is 0.150. The molecule has 3 aromatic heterocycles. The van der Waals surface area contributed by atoms with Gasteiger partial charge in [0.2, 0.25) is 5.88 Å². The van der Waals surface area contributed by atoms with E-state index in [2.05, 4.69) is 25.3 Å². The monoisotopic (exact) mass is 806 g/mol. The van der Waals surface area contributed by atoms with Gasteiger partial charge in [-0.05, 0) is 101 Å². The standard InChI is InChI=1S/C40H50ClFN8O5.C2H6/c1-23-16-27-26(20-44-48-27)29(31(23)41)33-32(42)34-30(36(45-33)53-2)35(49-12-4-6-24(21-49)19-43-38(51)52)47-37(46-34)55-22-40-8-3-7-28(40)50(13-5-9-40)25-17-39(18-25)10-14-54-15-11-39;1-2/h16,20,24-25,28,43H,3-15,17-19,21-22H2,1-2H3,(H,44,48)(H,51,52);1-2H3. The number of nitrogens with one attached hydrogen (secondary N) is 2. The molecule has 3 unspecified atom stereocenters. The fraction of sp³-hybridized carbons (Fsp3) is 0.643. The number of H-pyrrole nitrogens is 1. The second-order valence-electron chi connectivity index (χ2n) is 16.8. The second kappa shape index (κ2) is 16.3. The number of aromatic amines is 1. The Balaban J connectivity index is 0.00000224. The zero-order chi connectivity index (χ0) is 39.9. The van der Waals surface area contributed by atoms with Gasteiger partial charge in [-0.2, -0.15) is 15.1 Å². The first-order valence-corrected chi connectivity index (χ1v) is 21.3.